The lowest BCUT2D eigenvalue weighted by molar-refractivity contribution is -0.136. The van der Waals surface area contributed by atoms with Gasteiger partial charge in [0.25, 0.3) is 0 Å². The summed E-state index contributed by atoms with van der Waals surface area (Å²) in [4.78, 5) is 9.72. The van der Waals surface area contributed by atoms with E-state index in [1.165, 1.54) is 0 Å². The van der Waals surface area contributed by atoms with Gasteiger partial charge in [-0.1, -0.05) is 0 Å². The molecule has 0 amide bonds. The van der Waals surface area contributed by atoms with Crippen LogP contribution in [0.1, 0.15) is 6.42 Å². The van der Waals surface area contributed by atoms with Gasteiger partial charge in [-0.05, 0) is 7.05 Å². The molecule has 0 heterocycles. The van der Waals surface area contributed by atoms with E-state index in [9.17, 15) is 4.79 Å². The number of hydrogen-bond acceptors (Lipinski definition) is 2. The molecule has 0 aliphatic carbocycles. The Bertz CT molecular complexity index is 67.1. The molecule has 50 valence electrons. The molecule has 0 aromatic carbocycles. The van der Waals surface area contributed by atoms with Gasteiger partial charge in [0.1, 0.15) is 0 Å². The number of hydrogen-bond donors (Lipinski definition) is 2. The molecule has 0 spiro atoms. The van der Waals surface area contributed by atoms with Gasteiger partial charge < -0.3 is 10.4 Å². The molecule has 0 fully saturated rings. The van der Waals surface area contributed by atoms with Crippen LogP contribution in [0.2, 0.25) is 0 Å². The average molecular weight is 140 g/mol. The highest BCUT2D eigenvalue weighted by atomic mass is 35.5. The highest BCUT2D eigenvalue weighted by molar-refractivity contribution is 5.85. The zero-order valence-electron chi connectivity index (χ0n) is 4.68. The van der Waals surface area contributed by atoms with Crippen LogP contribution in [0.15, 0.2) is 0 Å². The molecule has 0 radical (unpaired) electrons. The molecule has 0 aromatic rings. The van der Waals surface area contributed by atoms with Crippen molar-refractivity contribution < 1.29 is 9.90 Å². The second kappa shape index (κ2) is 6.72. The van der Waals surface area contributed by atoms with Gasteiger partial charge in [0.15, 0.2) is 0 Å². The van der Waals surface area contributed by atoms with Gasteiger partial charge in [0.2, 0.25) is 0 Å². The number of aliphatic carboxylic acids is 1. The summed E-state index contributed by atoms with van der Waals surface area (Å²) in [7, 11) is 1.73. The molecule has 0 rings (SSSR count). The zero-order chi connectivity index (χ0) is 5.70. The maximum Gasteiger partial charge on any atom is 0.304 e. The Labute approximate surface area is 54.5 Å². The summed E-state index contributed by atoms with van der Waals surface area (Å²) in [5, 5.41) is 10.7. The van der Waals surface area contributed by atoms with Gasteiger partial charge in [0.05, 0.1) is 6.42 Å². The monoisotopic (exact) mass is 139 g/mol. The highest BCUT2D eigenvalue weighted by Crippen LogP contribution is 1.70. The van der Waals surface area contributed by atoms with Gasteiger partial charge in [0, 0.05) is 6.54 Å². The van der Waals surface area contributed by atoms with Crippen LogP contribution in [0.5, 0.6) is 0 Å². The third-order valence-electron chi connectivity index (χ3n) is 0.589. The minimum absolute atomic E-state index is 0. The van der Waals surface area contributed by atoms with E-state index in [0.717, 1.165) is 0 Å². The molecule has 0 aliphatic heterocycles. The SMILES string of the molecule is CNCCC(=O)O.Cl. The van der Waals surface area contributed by atoms with Crippen LogP contribution >= 0.6 is 12.4 Å². The average Bonchev–Trinajstić information content (AvgIpc) is 1.61. The van der Waals surface area contributed by atoms with Gasteiger partial charge in [-0.3, -0.25) is 4.79 Å². The molecule has 0 aromatic heterocycles. The molecule has 8 heavy (non-hydrogen) atoms. The second-order valence-corrected chi connectivity index (χ2v) is 1.25. The summed E-state index contributed by atoms with van der Waals surface area (Å²) < 4.78 is 0. The molecule has 0 atom stereocenters. The number of nitrogens with one attached hydrogen (secondary N) is 1. The van der Waals surface area contributed by atoms with E-state index >= 15 is 0 Å². The van der Waals surface area contributed by atoms with Gasteiger partial charge >= 0.3 is 5.97 Å². The molecular weight excluding hydrogens is 130 g/mol. The first-order valence-corrected chi connectivity index (χ1v) is 2.13. The van der Waals surface area contributed by atoms with Crippen molar-refractivity contribution in [3.05, 3.63) is 0 Å². The Morgan fingerprint density at radius 3 is 2.38 bits per heavy atom. The molecule has 0 saturated carbocycles. The zero-order valence-corrected chi connectivity index (χ0v) is 5.49. The fourth-order valence-electron chi connectivity index (χ4n) is 0.232. The Morgan fingerprint density at radius 2 is 2.25 bits per heavy atom. The highest BCUT2D eigenvalue weighted by Gasteiger charge is 1.90. The maximum absolute atomic E-state index is 9.72. The van der Waals surface area contributed by atoms with Crippen LogP contribution in [-0.2, 0) is 4.79 Å². The van der Waals surface area contributed by atoms with Gasteiger partial charge in [-0.2, -0.15) is 0 Å². The van der Waals surface area contributed by atoms with E-state index in [0.29, 0.717) is 6.54 Å². The Balaban J connectivity index is 0. The number of halogens is 1. The predicted molar refractivity (Wildman–Crippen MR) is 33.4 cm³/mol. The molecule has 2 N–H and O–H groups in total. The van der Waals surface area contributed by atoms with Crippen molar-refractivity contribution in [3.63, 3.8) is 0 Å². The summed E-state index contributed by atoms with van der Waals surface area (Å²) in [5.74, 6) is -0.755. The molecule has 0 aliphatic rings. The summed E-state index contributed by atoms with van der Waals surface area (Å²) in [5.41, 5.74) is 0. The number of rotatable bonds is 3. The number of carboxylic acid groups (broad SMARTS) is 1. The molecule has 3 nitrogen and oxygen atoms in total. The first-order chi connectivity index (χ1) is 3.27. The number of carboxylic acids is 1. The number of carbonyl (C=O) groups is 1. The van der Waals surface area contributed by atoms with E-state index < -0.39 is 5.97 Å². The van der Waals surface area contributed by atoms with Crippen molar-refractivity contribution in [3.8, 4) is 0 Å². The molecule has 0 saturated heterocycles. The van der Waals surface area contributed by atoms with Crippen LogP contribution in [0.3, 0.4) is 0 Å². The molecule has 0 unspecified atom stereocenters. The fraction of sp³-hybridized carbons (Fsp3) is 0.750. The van der Waals surface area contributed by atoms with E-state index in [4.69, 9.17) is 5.11 Å². The van der Waals surface area contributed by atoms with Crippen molar-refractivity contribution >= 4 is 18.4 Å². The van der Waals surface area contributed by atoms with Crippen LogP contribution in [-0.4, -0.2) is 24.7 Å². The lowest BCUT2D eigenvalue weighted by atomic mass is 10.4. The molecular formula is C4H10ClNO2. The first kappa shape index (κ1) is 10.7. The van der Waals surface area contributed by atoms with E-state index in [1.54, 1.807) is 7.05 Å². The normalized spacial score (nSPS) is 7.62. The lowest BCUT2D eigenvalue weighted by Crippen LogP contribution is -2.11. The third kappa shape index (κ3) is 9.21. The van der Waals surface area contributed by atoms with E-state index in [-0.39, 0.29) is 18.8 Å². The summed E-state index contributed by atoms with van der Waals surface area (Å²) in [6.07, 6.45) is 0.205. The van der Waals surface area contributed by atoms with Crippen molar-refractivity contribution in [2.45, 2.75) is 6.42 Å². The summed E-state index contributed by atoms with van der Waals surface area (Å²) in [6.45, 7) is 0.551. The Kier molecular flexibility index (Phi) is 8.95. The minimum atomic E-state index is -0.755. The van der Waals surface area contributed by atoms with Crippen LogP contribution in [0.4, 0.5) is 0 Å². The van der Waals surface area contributed by atoms with Crippen molar-refractivity contribution in [1.82, 2.24) is 5.32 Å². The van der Waals surface area contributed by atoms with E-state index in [1.807, 2.05) is 0 Å². The van der Waals surface area contributed by atoms with Crippen LogP contribution in [0, 0.1) is 0 Å². The topological polar surface area (TPSA) is 49.3 Å². The molecule has 4 heteroatoms. The van der Waals surface area contributed by atoms with Crippen LogP contribution < -0.4 is 5.32 Å². The Morgan fingerprint density at radius 1 is 1.75 bits per heavy atom. The van der Waals surface area contributed by atoms with Crippen LogP contribution in [0.25, 0.3) is 0 Å². The van der Waals surface area contributed by atoms with Gasteiger partial charge in [-0.15, -0.1) is 12.4 Å². The largest absolute Gasteiger partial charge is 0.481 e. The maximum atomic E-state index is 9.72. The third-order valence-corrected chi connectivity index (χ3v) is 0.589. The predicted octanol–water partition coefficient (Wildman–Crippen LogP) is 0.102. The first-order valence-electron chi connectivity index (χ1n) is 2.13. The lowest BCUT2D eigenvalue weighted by Gasteiger charge is -1.88. The quantitative estimate of drug-likeness (QED) is 0.583. The van der Waals surface area contributed by atoms with Gasteiger partial charge in [-0.25, -0.2) is 0 Å². The summed E-state index contributed by atoms with van der Waals surface area (Å²) >= 11 is 0. The van der Waals surface area contributed by atoms with E-state index in [2.05, 4.69) is 5.32 Å². The fourth-order valence-corrected chi connectivity index (χ4v) is 0.232. The minimum Gasteiger partial charge on any atom is -0.481 e. The van der Waals surface area contributed by atoms with Crippen molar-refractivity contribution in [2.75, 3.05) is 13.6 Å². The summed E-state index contributed by atoms with van der Waals surface area (Å²) in [6, 6.07) is 0. The Hall–Kier alpha value is -0.280. The van der Waals surface area contributed by atoms with Crippen molar-refractivity contribution in [2.24, 2.45) is 0 Å². The smallest absolute Gasteiger partial charge is 0.304 e. The standard InChI is InChI=1S/C4H9NO2.ClH/c1-5-3-2-4(6)7;/h5H,2-3H2,1H3,(H,6,7);1H. The molecule has 0 bridgehead atoms. The van der Waals surface area contributed by atoms with Crippen molar-refractivity contribution in [1.29, 1.82) is 0 Å². The second-order valence-electron chi connectivity index (χ2n) is 1.25.